The minimum absolute atomic E-state index is 0.0112. The van der Waals surface area contributed by atoms with Crippen LogP contribution in [0, 0.1) is 0 Å². The molecule has 0 saturated heterocycles. The molecule has 3 aromatic rings. The van der Waals surface area contributed by atoms with Gasteiger partial charge in [-0.1, -0.05) is 46.9 Å². The Hall–Kier alpha value is -2.55. The average Bonchev–Trinajstić information content (AvgIpc) is 2.70. The quantitative estimate of drug-likeness (QED) is 0.299. The van der Waals surface area contributed by atoms with Crippen molar-refractivity contribution < 1.29 is 14.6 Å². The van der Waals surface area contributed by atoms with Crippen molar-refractivity contribution in [1.29, 1.82) is 0 Å². The number of aromatic hydroxyl groups is 1. The molecule has 0 spiro atoms. The maximum Gasteiger partial charge on any atom is 0.295 e. The van der Waals surface area contributed by atoms with Crippen LogP contribution >= 0.6 is 22.6 Å². The molecule has 6 nitrogen and oxygen atoms in total. The Morgan fingerprint density at radius 3 is 2.61 bits per heavy atom. The zero-order valence-corrected chi connectivity index (χ0v) is 17.5. The van der Waals surface area contributed by atoms with Crippen LogP contribution in [0.25, 0.3) is 10.8 Å². The third-order valence-corrected chi connectivity index (χ3v) is 6.82. The zero-order chi connectivity index (χ0) is 19.9. The molecule has 0 saturated carbocycles. The van der Waals surface area contributed by atoms with Crippen LogP contribution in [-0.4, -0.2) is 25.5 Å². The highest BCUT2D eigenvalue weighted by Gasteiger charge is 2.38. The highest BCUT2D eigenvalue weighted by atomic mass is 127. The second-order valence-corrected chi connectivity index (χ2v) is 8.67. The first-order valence-corrected chi connectivity index (χ1v) is 10.1. The molecular formula is C21H18IN3O3. The number of azo groups is 1. The van der Waals surface area contributed by atoms with Gasteiger partial charge in [-0.3, -0.25) is 9.78 Å². The predicted octanol–water partition coefficient (Wildman–Crippen LogP) is 5.38. The van der Waals surface area contributed by atoms with E-state index in [9.17, 15) is 9.90 Å². The lowest BCUT2D eigenvalue weighted by molar-refractivity contribution is 0.0978. The van der Waals surface area contributed by atoms with E-state index in [0.717, 1.165) is 5.39 Å². The summed E-state index contributed by atoms with van der Waals surface area (Å²) in [5.74, 6) is 0.190. The lowest BCUT2D eigenvalue weighted by atomic mass is 9.90. The molecule has 0 fully saturated rings. The topological polar surface area (TPSA) is 84.1 Å². The fraction of sp³-hybridized carbons (Fsp3) is 0.238. The van der Waals surface area contributed by atoms with Gasteiger partial charge in [0.15, 0.2) is 5.75 Å². The normalized spacial score (nSPS) is 18.0. The molecule has 4 rings (SSSR count). The minimum atomic E-state index is -0.493. The Morgan fingerprint density at radius 1 is 1.21 bits per heavy atom. The predicted molar refractivity (Wildman–Crippen MR) is 115 cm³/mol. The second-order valence-electron chi connectivity index (χ2n) is 7.17. The summed E-state index contributed by atoms with van der Waals surface area (Å²) in [6.45, 7) is 4.08. The fourth-order valence-corrected chi connectivity index (χ4v) is 3.80. The summed E-state index contributed by atoms with van der Waals surface area (Å²) < 4.78 is 6.44. The monoisotopic (exact) mass is 487 g/mol. The highest BCUT2D eigenvalue weighted by Crippen LogP contribution is 2.50. The lowest BCUT2D eigenvalue weighted by Gasteiger charge is -2.38. The lowest BCUT2D eigenvalue weighted by Crippen LogP contribution is -2.42. The van der Waals surface area contributed by atoms with Gasteiger partial charge in [0.1, 0.15) is 17.0 Å². The summed E-state index contributed by atoms with van der Waals surface area (Å²) in [4.78, 5) is 16.2. The number of aromatic nitrogens is 1. The maximum absolute atomic E-state index is 12.3. The van der Waals surface area contributed by atoms with E-state index in [4.69, 9.17) is 4.74 Å². The zero-order valence-electron chi connectivity index (χ0n) is 15.4. The number of benzene rings is 2. The van der Waals surface area contributed by atoms with Gasteiger partial charge in [-0.2, -0.15) is 0 Å². The van der Waals surface area contributed by atoms with Crippen molar-refractivity contribution in [1.82, 2.24) is 4.98 Å². The van der Waals surface area contributed by atoms with Crippen LogP contribution in [0.15, 0.2) is 59.0 Å². The molecule has 7 heteroatoms. The summed E-state index contributed by atoms with van der Waals surface area (Å²) in [7, 11) is 0. The molecule has 2 heterocycles. The van der Waals surface area contributed by atoms with Gasteiger partial charge in [0.05, 0.1) is 3.92 Å². The highest BCUT2D eigenvalue weighted by molar-refractivity contribution is 14.1. The Balaban J connectivity index is 1.85. The molecule has 1 atom stereocenters. The molecule has 1 unspecified atom stereocenters. The van der Waals surface area contributed by atoms with Crippen LogP contribution in [0.1, 0.15) is 29.8 Å². The minimum Gasteiger partial charge on any atom is -0.505 e. The van der Waals surface area contributed by atoms with Crippen molar-refractivity contribution >= 4 is 45.0 Å². The summed E-state index contributed by atoms with van der Waals surface area (Å²) in [5.41, 5.74) is 1.01. The Morgan fingerprint density at radius 2 is 1.89 bits per heavy atom. The molecule has 1 aliphatic heterocycles. The van der Waals surface area contributed by atoms with E-state index in [1.165, 1.54) is 12.4 Å². The number of hydrogen-bond acceptors (Lipinski definition) is 5. The second kappa shape index (κ2) is 7.12. The standard InChI is InChI=1S/C21H18IN3O3/c1-21(2)16(22)11-15-18(26)17(13-5-3-4-6-14(13)19(15)28-21)24-25-20(27)12-7-9-23-10-8-12/h3-10,16,26H,11H2,1-2H3. The number of fused-ring (bicyclic) bond motifs is 3. The van der Waals surface area contributed by atoms with Crippen molar-refractivity contribution in [3.05, 3.63) is 59.9 Å². The Kier molecular flexibility index (Phi) is 4.78. The summed E-state index contributed by atoms with van der Waals surface area (Å²) >= 11 is 2.34. The van der Waals surface area contributed by atoms with Crippen molar-refractivity contribution in [2.24, 2.45) is 10.2 Å². The summed E-state index contributed by atoms with van der Waals surface area (Å²) in [5, 5.41) is 20.4. The first-order valence-electron chi connectivity index (χ1n) is 8.84. The van der Waals surface area contributed by atoms with E-state index in [-0.39, 0.29) is 21.0 Å². The molecule has 2 aromatic carbocycles. The number of hydrogen-bond donors (Lipinski definition) is 1. The van der Waals surface area contributed by atoms with Gasteiger partial charge in [-0.15, -0.1) is 10.2 Å². The number of phenols is 1. The van der Waals surface area contributed by atoms with Crippen LogP contribution in [-0.2, 0) is 6.42 Å². The van der Waals surface area contributed by atoms with Gasteiger partial charge in [0, 0.05) is 34.3 Å². The van der Waals surface area contributed by atoms with Crippen molar-refractivity contribution in [2.75, 3.05) is 0 Å². The van der Waals surface area contributed by atoms with Gasteiger partial charge in [0.2, 0.25) is 0 Å². The maximum atomic E-state index is 12.3. The van der Waals surface area contributed by atoms with Gasteiger partial charge < -0.3 is 9.84 Å². The first-order chi connectivity index (χ1) is 13.4. The molecule has 1 N–H and O–H groups in total. The molecular weight excluding hydrogens is 469 g/mol. The molecule has 1 aliphatic rings. The SMILES string of the molecule is CC1(C)Oc2c(c(O)c(N=NC(=O)c3ccncc3)c3ccccc23)CC1I. The molecule has 1 aromatic heterocycles. The van der Waals surface area contributed by atoms with Crippen molar-refractivity contribution in [3.8, 4) is 11.5 Å². The van der Waals surface area contributed by atoms with E-state index in [1.807, 2.05) is 38.1 Å². The first kappa shape index (κ1) is 18.8. The third kappa shape index (κ3) is 3.23. The van der Waals surface area contributed by atoms with E-state index >= 15 is 0 Å². The number of alkyl halides is 1. The van der Waals surface area contributed by atoms with Crippen LogP contribution in [0.2, 0.25) is 0 Å². The van der Waals surface area contributed by atoms with Gasteiger partial charge in [0.25, 0.3) is 5.91 Å². The number of amides is 1. The molecule has 0 radical (unpaired) electrons. The number of nitrogens with zero attached hydrogens (tertiary/aromatic N) is 3. The van der Waals surface area contributed by atoms with E-state index in [1.54, 1.807) is 12.1 Å². The largest absolute Gasteiger partial charge is 0.505 e. The number of phenolic OH excluding ortho intramolecular Hbond substituents is 1. The summed E-state index contributed by atoms with van der Waals surface area (Å²) in [6, 6.07) is 10.7. The van der Waals surface area contributed by atoms with E-state index < -0.39 is 5.91 Å². The molecule has 0 aliphatic carbocycles. The van der Waals surface area contributed by atoms with Crippen LogP contribution < -0.4 is 4.74 Å². The molecule has 28 heavy (non-hydrogen) atoms. The van der Waals surface area contributed by atoms with Crippen LogP contribution in [0.5, 0.6) is 11.5 Å². The Bertz CT molecular complexity index is 1100. The number of carbonyl (C=O) groups excluding carboxylic acids is 1. The number of rotatable bonds is 2. The number of carbonyl (C=O) groups is 1. The van der Waals surface area contributed by atoms with E-state index in [0.29, 0.717) is 28.7 Å². The van der Waals surface area contributed by atoms with Crippen LogP contribution in [0.4, 0.5) is 5.69 Å². The fourth-order valence-electron chi connectivity index (χ4n) is 3.24. The molecule has 0 bridgehead atoms. The van der Waals surface area contributed by atoms with Gasteiger partial charge in [-0.25, -0.2) is 0 Å². The van der Waals surface area contributed by atoms with Crippen molar-refractivity contribution in [3.63, 3.8) is 0 Å². The number of halogens is 1. The third-order valence-electron chi connectivity index (χ3n) is 4.88. The molecule has 142 valence electrons. The van der Waals surface area contributed by atoms with E-state index in [2.05, 4.69) is 37.8 Å². The van der Waals surface area contributed by atoms with Gasteiger partial charge >= 0.3 is 0 Å². The number of pyridine rings is 1. The van der Waals surface area contributed by atoms with Crippen LogP contribution in [0.3, 0.4) is 0 Å². The average molecular weight is 487 g/mol. The Labute approximate surface area is 175 Å². The number of ether oxygens (including phenoxy) is 1. The summed E-state index contributed by atoms with van der Waals surface area (Å²) in [6.07, 6.45) is 3.68. The van der Waals surface area contributed by atoms with Gasteiger partial charge in [-0.05, 0) is 32.4 Å². The molecule has 1 amide bonds. The van der Waals surface area contributed by atoms with Crippen molar-refractivity contribution in [2.45, 2.75) is 29.8 Å². The smallest absolute Gasteiger partial charge is 0.295 e.